The van der Waals surface area contributed by atoms with Crippen molar-refractivity contribution in [3.05, 3.63) is 313 Å². The van der Waals surface area contributed by atoms with Crippen LogP contribution in [0.3, 0.4) is 0 Å². The van der Waals surface area contributed by atoms with Crippen molar-refractivity contribution >= 4 is 211 Å². The zero-order valence-corrected chi connectivity index (χ0v) is 95.1. The van der Waals surface area contributed by atoms with Crippen molar-refractivity contribution in [2.45, 2.75) is 179 Å². The molecule has 41 heteroatoms. The molecule has 146 heavy (non-hydrogen) atoms. The van der Waals surface area contributed by atoms with Gasteiger partial charge in [0.25, 0.3) is 16.7 Å². The first kappa shape index (κ1) is 110. The first-order chi connectivity index (χ1) is 68.6. The zero-order chi connectivity index (χ0) is 106. The molecule has 11 heterocycles. The fourth-order valence-corrected chi connectivity index (χ4v) is 20.1. The third-order valence-corrected chi connectivity index (χ3v) is 31.3. The second-order valence-corrected chi connectivity index (χ2v) is 45.9. The zero-order valence-electron chi connectivity index (χ0n) is 84.0. The Bertz CT molecular complexity index is 7510. The molecule has 7 fully saturated rings. The number of anilines is 3. The van der Waals surface area contributed by atoms with E-state index in [1.54, 1.807) is 74.4 Å². The number of rotatable bonds is 15. The Morgan fingerprint density at radius 1 is 0.425 bits per heavy atom. The second kappa shape index (κ2) is 43.9. The van der Waals surface area contributed by atoms with E-state index in [2.05, 4.69) is 147 Å². The number of aryl methyl sites for hydroxylation is 5. The molecule has 1 amide bonds. The molecule has 0 unspecified atom stereocenters. The highest BCUT2D eigenvalue weighted by Gasteiger charge is 2.64. The first-order valence-corrected chi connectivity index (χ1v) is 52.8. The van der Waals surface area contributed by atoms with E-state index in [0.717, 1.165) is 105 Å². The minimum Gasteiger partial charge on any atom is -0.405 e. The van der Waals surface area contributed by atoms with E-state index < -0.39 is 49.8 Å². The van der Waals surface area contributed by atoms with Gasteiger partial charge < -0.3 is 71.7 Å². The van der Waals surface area contributed by atoms with Crippen LogP contribution in [-0.2, 0) is 68.0 Å². The smallest absolute Gasteiger partial charge is 0.405 e. The van der Waals surface area contributed by atoms with E-state index >= 15 is 4.39 Å². The van der Waals surface area contributed by atoms with E-state index in [1.807, 2.05) is 234 Å². The SMILES string of the molecule is CC1(C)OB(B2OC(C)(C)C(C)(C)O2)OC1(C)C.CN1CCN(C)[C@H](c2ccc(Nc3nc(-c4ccc5c(c4)c(C(=O)c4ccc(C6CC6)cc4F)cn5C)cn(C)c3=O)cc2)C1=O.Cn1cc(Br)nc(Br)c1=O.Cn1cc(C(=O)c2ccc(C3CC3)cc2F)c2cc(B3OC(C)(C)C(C)(C)O3)ccc21.Cn1cc(C(=O)c2ccc(C3CC3)cc2F)c2cc(Br)ccc21.Nc1ncc(Br)nc1Br.O=c1[nH]cc(Br)nc1Br. The van der Waals surface area contributed by atoms with Gasteiger partial charge in [0, 0.05) is 158 Å². The summed E-state index contributed by atoms with van der Waals surface area (Å²) in [6.07, 6.45) is 18.1. The highest BCUT2D eigenvalue weighted by Crippen LogP contribution is 2.47. The standard InChI is InChI=1S/C36H35FN6O3.C25H27BFNO3.C19H15BrFNO.C12H24B2O4.C5H4Br2N2O.C4H3Br2N3.C4H2Br2N2O/c1-40-15-16-41(2)35(45)32(40)22-7-11-25(12-8-22)38-34-36(46)43(4)20-30(39-34)24-10-14-31-27(17-24)28(19-42(31)3)33(44)26-13-9-23(18-29(26)37)21-5-6-21;1-24(2)25(3,4)31-26(30-24)17-9-11-22-19(13-17)20(14-28(22)5)23(29)18-10-8-16(12-21(18)27)15-6-7-15;1-22-10-16(15-9-13(20)5-7-18(15)22)19(23)14-6-4-12(8-17(14)21)11-2-3-11;1-9(2)10(3,4)16-13(15-9)14-17-11(5,6)12(7,8)18-14;1-9-2-3(6)8-4(7)5(9)10;5-2-1-8-4(7)3(6)9-2;5-2-1-7-4(9)3(6)8-2/h7-14,17-21,32H,5-6,15-16H2,1-4H3,(H,38,39);8-15H,6-7H2,1-5H3;4-11H,2-3H2,1H3;1-8H3;2H,1H3;1H,(H2,7,8);1H,(H,7,9)/t32-;;;;;;/m1....../s1. The quantitative estimate of drug-likeness (QED) is 0.0634. The minimum absolute atomic E-state index is 0.0477. The van der Waals surface area contributed by atoms with Gasteiger partial charge in [0.1, 0.15) is 41.9 Å². The van der Waals surface area contributed by atoms with Crippen molar-refractivity contribution in [1.29, 1.82) is 0 Å². The maximum atomic E-state index is 15.1. The van der Waals surface area contributed by atoms with Crippen molar-refractivity contribution in [1.82, 2.24) is 62.5 Å². The molecular weight excluding hydrogens is 2330 g/mol. The molecule has 3 aliphatic carbocycles. The Hall–Kier alpha value is -9.98. The number of hydrogen-bond donors (Lipinski definition) is 3. The monoisotopic (exact) mass is 2430 g/mol. The molecular formula is C105H110B3Br7F3N15O13. The maximum absolute atomic E-state index is 15.1. The summed E-state index contributed by atoms with van der Waals surface area (Å²) in [6.45, 7) is 25.7. The summed E-state index contributed by atoms with van der Waals surface area (Å²) < 4.78 is 93.1. The lowest BCUT2D eigenvalue weighted by Crippen LogP contribution is -2.48. The Balaban J connectivity index is 0.000000139. The number of carbonyl (C=O) groups is 4. The number of halogens is 10. The lowest BCUT2D eigenvalue weighted by Gasteiger charge is -2.37. The maximum Gasteiger partial charge on any atom is 0.494 e. The summed E-state index contributed by atoms with van der Waals surface area (Å²) in [5.41, 5.74) is 13.2. The van der Waals surface area contributed by atoms with Crippen LogP contribution in [0.2, 0.25) is 0 Å². The van der Waals surface area contributed by atoms with Crippen molar-refractivity contribution in [2.75, 3.05) is 38.2 Å². The summed E-state index contributed by atoms with van der Waals surface area (Å²) in [5.74, 6) is -0.437. The van der Waals surface area contributed by atoms with Gasteiger partial charge in [0.05, 0.1) is 62.2 Å². The van der Waals surface area contributed by atoms with Crippen LogP contribution in [0.4, 0.5) is 30.5 Å². The number of nitrogens with two attached hydrogens (primary N) is 1. The topological polar surface area (TPSA) is 324 Å². The molecule has 0 bridgehead atoms. The van der Waals surface area contributed by atoms with Gasteiger partial charge in [-0.2, -0.15) is 0 Å². The first-order valence-electron chi connectivity index (χ1n) is 47.2. The number of hydrogen-bond acceptors (Lipinski definition) is 21. The number of amides is 1. The third-order valence-electron chi connectivity index (χ3n) is 28.0. The van der Waals surface area contributed by atoms with Crippen molar-refractivity contribution in [3.8, 4) is 11.3 Å². The molecule has 4 saturated heterocycles. The van der Waals surface area contributed by atoms with Gasteiger partial charge in [0.2, 0.25) is 5.91 Å². The number of carbonyl (C=O) groups excluding carboxylic acids is 4. The number of aromatic nitrogens is 11. The molecule has 28 nitrogen and oxygen atoms in total. The Labute approximate surface area is 903 Å². The van der Waals surface area contributed by atoms with Crippen molar-refractivity contribution in [2.24, 2.45) is 35.2 Å². The number of fused-ring (bicyclic) bond motifs is 3. The molecule has 14 aromatic rings. The van der Waals surface area contributed by atoms with E-state index in [-0.39, 0.29) is 95.5 Å². The van der Waals surface area contributed by atoms with Crippen LogP contribution < -0.4 is 33.2 Å². The van der Waals surface area contributed by atoms with E-state index in [9.17, 15) is 42.3 Å². The van der Waals surface area contributed by atoms with Gasteiger partial charge in [-0.1, -0.05) is 64.5 Å². The average molecular weight is 2440 g/mol. The van der Waals surface area contributed by atoms with Crippen LogP contribution in [0.25, 0.3) is 44.0 Å². The van der Waals surface area contributed by atoms with Crippen LogP contribution in [-0.4, -0.2) is 168 Å². The third kappa shape index (κ3) is 24.5. The molecule has 7 aromatic heterocycles. The Morgan fingerprint density at radius 3 is 1.26 bits per heavy atom. The van der Waals surface area contributed by atoms with E-state index in [4.69, 9.17) is 33.7 Å². The molecule has 0 radical (unpaired) electrons. The molecule has 762 valence electrons. The highest BCUT2D eigenvalue weighted by molar-refractivity contribution is 9.11. The summed E-state index contributed by atoms with van der Waals surface area (Å²) >= 11 is 21.9. The molecule has 21 rings (SSSR count). The fraction of sp³-hybridized carbons (Fsp3) is 0.352. The lowest BCUT2D eigenvalue weighted by atomic mass is 9.49. The lowest BCUT2D eigenvalue weighted by molar-refractivity contribution is -0.139. The van der Waals surface area contributed by atoms with Gasteiger partial charge in [-0.05, 0) is 355 Å². The molecule has 7 aromatic carbocycles. The van der Waals surface area contributed by atoms with E-state index in [1.165, 1.54) is 33.5 Å². The number of aromatic amines is 1. The van der Waals surface area contributed by atoms with Crippen LogP contribution in [0.5, 0.6) is 0 Å². The van der Waals surface area contributed by atoms with Crippen molar-refractivity contribution < 1.29 is 60.3 Å². The number of nitrogen functional groups attached to an aromatic ring is 1. The normalized spacial score (nSPS) is 17.7. The number of likely N-dealkylation sites (N-methyl/N-ethyl adjacent to an activating group) is 2. The number of piperazine rings is 1. The number of nitrogens with one attached hydrogen (secondary N) is 2. The van der Waals surface area contributed by atoms with Crippen LogP contribution in [0.15, 0.2) is 223 Å². The summed E-state index contributed by atoms with van der Waals surface area (Å²) in [6, 6.07) is 39.4. The summed E-state index contributed by atoms with van der Waals surface area (Å²) in [7, 11) is 11.2. The van der Waals surface area contributed by atoms with Gasteiger partial charge >= 0.3 is 21.1 Å². The molecule has 7 aliphatic rings. The van der Waals surface area contributed by atoms with Gasteiger partial charge in [0.15, 0.2) is 38.2 Å². The predicted molar refractivity (Wildman–Crippen MR) is 588 cm³/mol. The van der Waals surface area contributed by atoms with Gasteiger partial charge in [-0.15, -0.1) is 0 Å². The highest BCUT2D eigenvalue weighted by atomic mass is 79.9. The molecule has 3 saturated carbocycles. The average Bonchev–Trinajstić information content (AvgIpc) is 1.60. The Morgan fingerprint density at radius 2 is 0.836 bits per heavy atom. The molecule has 4 aliphatic heterocycles. The van der Waals surface area contributed by atoms with Gasteiger partial charge in [-0.3, -0.25) is 38.5 Å². The summed E-state index contributed by atoms with van der Waals surface area (Å²) in [4.78, 5) is 113. The van der Waals surface area contributed by atoms with Gasteiger partial charge in [-0.25, -0.2) is 38.1 Å². The molecule has 1 atom stereocenters. The van der Waals surface area contributed by atoms with Crippen molar-refractivity contribution in [3.63, 3.8) is 0 Å². The van der Waals surface area contributed by atoms with Crippen LogP contribution >= 0.6 is 112 Å². The number of nitrogens with zero attached hydrogens (tertiary/aromatic N) is 12. The summed E-state index contributed by atoms with van der Waals surface area (Å²) in [5, 5.41) is 5.42. The number of H-pyrrole nitrogens is 1. The molecule has 0 spiro atoms. The van der Waals surface area contributed by atoms with Crippen LogP contribution in [0.1, 0.15) is 215 Å². The number of ketones is 3. The largest absolute Gasteiger partial charge is 0.494 e. The van der Waals surface area contributed by atoms with Crippen LogP contribution in [0, 0.1) is 17.5 Å². The Kier molecular flexibility index (Phi) is 33.1. The predicted octanol–water partition coefficient (Wildman–Crippen LogP) is 21.7. The second-order valence-electron chi connectivity index (χ2n) is 40.3. The van der Waals surface area contributed by atoms with E-state index in [0.29, 0.717) is 92.2 Å². The number of benzene rings is 7. The molecule has 4 N–H and O–H groups in total. The fourth-order valence-electron chi connectivity index (χ4n) is 16.9. The minimum atomic E-state index is -0.521.